The Morgan fingerprint density at radius 1 is 1.12 bits per heavy atom. The van der Waals surface area contributed by atoms with E-state index in [1.54, 1.807) is 25.3 Å². The Balaban J connectivity index is 1.03. The van der Waals surface area contributed by atoms with Crippen LogP contribution in [0.5, 0.6) is 5.75 Å². The molecule has 5 aliphatic carbocycles. The van der Waals surface area contributed by atoms with Gasteiger partial charge >= 0.3 is 0 Å². The maximum Gasteiger partial charge on any atom is 0.223 e. The summed E-state index contributed by atoms with van der Waals surface area (Å²) in [6.45, 7) is 3.59. The summed E-state index contributed by atoms with van der Waals surface area (Å²) in [6, 6.07) is 6.36. The number of pyridine rings is 1. The lowest BCUT2D eigenvalue weighted by molar-refractivity contribution is -0.150. The van der Waals surface area contributed by atoms with Gasteiger partial charge in [0.2, 0.25) is 11.8 Å². The third-order valence-corrected chi connectivity index (χ3v) is 8.28. The van der Waals surface area contributed by atoms with Crippen molar-refractivity contribution < 1.29 is 18.7 Å². The minimum Gasteiger partial charge on any atom is -0.490 e. The third kappa shape index (κ3) is 3.08. The van der Waals surface area contributed by atoms with Crippen molar-refractivity contribution in [1.29, 1.82) is 0 Å². The Labute approximate surface area is 186 Å². The molecule has 2 aromatic rings. The molecule has 6 nitrogen and oxygen atoms in total. The van der Waals surface area contributed by atoms with Gasteiger partial charge < -0.3 is 15.4 Å². The van der Waals surface area contributed by atoms with Crippen LogP contribution in [0, 0.1) is 29.5 Å². The van der Waals surface area contributed by atoms with Crippen LogP contribution >= 0.6 is 0 Å². The molecule has 5 fully saturated rings. The van der Waals surface area contributed by atoms with Crippen LogP contribution in [0.4, 0.5) is 4.39 Å². The predicted molar refractivity (Wildman–Crippen MR) is 116 cm³/mol. The maximum absolute atomic E-state index is 13.7. The molecule has 2 amide bonds. The number of rotatable bonds is 6. The van der Waals surface area contributed by atoms with Crippen LogP contribution in [0.3, 0.4) is 0 Å². The third-order valence-electron chi connectivity index (χ3n) is 8.28. The van der Waals surface area contributed by atoms with Crippen molar-refractivity contribution in [2.75, 3.05) is 0 Å². The number of benzene rings is 1. The number of amides is 2. The van der Waals surface area contributed by atoms with Gasteiger partial charge in [0.05, 0.1) is 11.6 Å². The molecule has 32 heavy (non-hydrogen) atoms. The van der Waals surface area contributed by atoms with Crippen molar-refractivity contribution >= 4 is 22.7 Å². The Kier molecular flexibility index (Phi) is 4.15. The summed E-state index contributed by atoms with van der Waals surface area (Å²) in [4.78, 5) is 28.5. The van der Waals surface area contributed by atoms with E-state index < -0.39 is 0 Å². The Hall–Kier alpha value is -2.70. The van der Waals surface area contributed by atoms with Gasteiger partial charge in [-0.3, -0.25) is 14.6 Å². The van der Waals surface area contributed by atoms with E-state index in [2.05, 4.69) is 15.6 Å². The molecule has 5 atom stereocenters. The number of nitrogens with zero attached hydrogens (tertiary/aromatic N) is 1. The fourth-order valence-corrected chi connectivity index (χ4v) is 7.03. The molecule has 0 aliphatic heterocycles. The molecule has 5 saturated carbocycles. The van der Waals surface area contributed by atoms with Crippen LogP contribution < -0.4 is 15.4 Å². The van der Waals surface area contributed by atoms with Gasteiger partial charge in [0.15, 0.2) is 0 Å². The Morgan fingerprint density at radius 3 is 2.50 bits per heavy atom. The molecule has 5 aliphatic rings. The lowest BCUT2D eigenvalue weighted by Gasteiger charge is -2.70. The van der Waals surface area contributed by atoms with Crippen LogP contribution in [0.2, 0.25) is 0 Å². The zero-order valence-electron chi connectivity index (χ0n) is 18.4. The number of hydrogen-bond acceptors (Lipinski definition) is 4. The van der Waals surface area contributed by atoms with E-state index in [1.807, 2.05) is 6.92 Å². The van der Waals surface area contributed by atoms with Gasteiger partial charge in [-0.2, -0.15) is 0 Å². The molecule has 0 spiro atoms. The molecule has 2 bridgehead atoms. The maximum atomic E-state index is 13.7. The highest BCUT2D eigenvalue weighted by Gasteiger charge is 2.69. The minimum atomic E-state index is -0.295. The number of carbonyl (C=O) groups is 2. The first-order valence-electron chi connectivity index (χ1n) is 11.6. The van der Waals surface area contributed by atoms with E-state index in [-0.39, 0.29) is 40.7 Å². The molecule has 168 valence electrons. The summed E-state index contributed by atoms with van der Waals surface area (Å²) >= 11 is 0. The fraction of sp³-hybridized carbons (Fsp3) is 0.560. The van der Waals surface area contributed by atoms with E-state index in [1.165, 1.54) is 12.1 Å². The van der Waals surface area contributed by atoms with Crippen molar-refractivity contribution in [2.24, 2.45) is 23.7 Å². The SMILES string of the molecule is CC(=O)NC12CC(NC(=O)C(C)[C@H]3[C@@H]4C[C@@H](Oc5ccnc6ccc(F)cc56)C[C@@H]43)(C1)C2. The summed E-state index contributed by atoms with van der Waals surface area (Å²) in [5.41, 5.74) is 0.563. The van der Waals surface area contributed by atoms with Crippen molar-refractivity contribution in [3.8, 4) is 5.75 Å². The van der Waals surface area contributed by atoms with Crippen LogP contribution in [-0.4, -0.2) is 34.0 Å². The zero-order chi connectivity index (χ0) is 22.3. The quantitative estimate of drug-likeness (QED) is 0.727. The smallest absolute Gasteiger partial charge is 0.223 e. The van der Waals surface area contributed by atoms with E-state index in [0.717, 1.165) is 37.6 Å². The highest BCUT2D eigenvalue weighted by Crippen LogP contribution is 2.63. The molecule has 1 heterocycles. The lowest BCUT2D eigenvalue weighted by Crippen LogP contribution is -2.83. The molecule has 1 aromatic carbocycles. The highest BCUT2D eigenvalue weighted by atomic mass is 19.1. The van der Waals surface area contributed by atoms with Crippen molar-refractivity contribution in [3.05, 3.63) is 36.3 Å². The number of fused-ring (bicyclic) bond motifs is 2. The van der Waals surface area contributed by atoms with Crippen LogP contribution in [0.25, 0.3) is 10.9 Å². The summed E-state index contributed by atoms with van der Waals surface area (Å²) in [5.74, 6) is 1.98. The number of carbonyl (C=O) groups excluding carboxylic acids is 2. The first-order chi connectivity index (χ1) is 15.3. The number of nitrogens with one attached hydrogen (secondary N) is 2. The van der Waals surface area contributed by atoms with Gasteiger partial charge in [-0.15, -0.1) is 0 Å². The first kappa shape index (κ1) is 19.9. The number of ether oxygens (including phenoxy) is 1. The van der Waals surface area contributed by atoms with Crippen LogP contribution in [0.1, 0.15) is 46.0 Å². The van der Waals surface area contributed by atoms with Gasteiger partial charge in [-0.05, 0) is 74.1 Å². The second-order valence-corrected chi connectivity index (χ2v) is 10.6. The standard InChI is InChI=1S/C25H28FN3O3/c1-13(23(31)29-25-10-24(11-25,12-25)28-14(2)30)22-17-8-16(9-18(17)22)32-21-5-6-27-20-4-3-15(26)7-19(20)21/h3-7,13,16-18,22H,8-12H2,1-2H3,(H,28,30)(H,29,31)/t13?,16-,17-,18+,22+,24?,25?. The topological polar surface area (TPSA) is 80.3 Å². The molecule has 1 unspecified atom stereocenters. The van der Waals surface area contributed by atoms with Gasteiger partial charge in [0.25, 0.3) is 0 Å². The second-order valence-electron chi connectivity index (χ2n) is 10.6. The molecule has 0 saturated heterocycles. The molecular formula is C25H28FN3O3. The van der Waals surface area contributed by atoms with Crippen LogP contribution in [-0.2, 0) is 9.59 Å². The molecule has 1 aromatic heterocycles. The normalized spacial score (nSPS) is 37.0. The summed E-state index contributed by atoms with van der Waals surface area (Å²) in [5, 5.41) is 7.01. The molecular weight excluding hydrogens is 409 g/mol. The minimum absolute atomic E-state index is 0.00507. The largest absolute Gasteiger partial charge is 0.490 e. The molecule has 2 N–H and O–H groups in total. The van der Waals surface area contributed by atoms with E-state index >= 15 is 0 Å². The Morgan fingerprint density at radius 2 is 1.81 bits per heavy atom. The van der Waals surface area contributed by atoms with Gasteiger partial charge in [0, 0.05) is 35.5 Å². The summed E-state index contributed by atoms with van der Waals surface area (Å²) in [6.07, 6.45) is 6.22. The van der Waals surface area contributed by atoms with Crippen molar-refractivity contribution in [3.63, 3.8) is 0 Å². The van der Waals surface area contributed by atoms with Gasteiger partial charge in [-0.1, -0.05) is 6.92 Å². The highest BCUT2D eigenvalue weighted by molar-refractivity contribution is 5.85. The summed E-state index contributed by atoms with van der Waals surface area (Å²) in [7, 11) is 0. The monoisotopic (exact) mass is 437 g/mol. The number of hydrogen-bond donors (Lipinski definition) is 2. The van der Waals surface area contributed by atoms with Crippen molar-refractivity contribution in [2.45, 2.75) is 63.1 Å². The Bertz CT molecular complexity index is 1100. The predicted octanol–water partition coefficient (Wildman–Crippen LogP) is 3.34. The summed E-state index contributed by atoms with van der Waals surface area (Å²) < 4.78 is 19.9. The van der Waals surface area contributed by atoms with E-state index in [9.17, 15) is 14.0 Å². The average Bonchev–Trinajstić information content (AvgIpc) is 3.19. The molecule has 0 radical (unpaired) electrons. The van der Waals surface area contributed by atoms with Gasteiger partial charge in [0.1, 0.15) is 11.6 Å². The fourth-order valence-electron chi connectivity index (χ4n) is 7.03. The van der Waals surface area contributed by atoms with Crippen molar-refractivity contribution in [1.82, 2.24) is 15.6 Å². The lowest BCUT2D eigenvalue weighted by atomic mass is 9.44. The molecule has 7 rings (SSSR count). The number of halogens is 1. The second kappa shape index (κ2) is 6.65. The van der Waals surface area contributed by atoms with E-state index in [0.29, 0.717) is 28.9 Å². The molecule has 7 heteroatoms. The van der Waals surface area contributed by atoms with Crippen LogP contribution in [0.15, 0.2) is 30.5 Å². The number of aromatic nitrogens is 1. The average molecular weight is 438 g/mol. The zero-order valence-corrected chi connectivity index (χ0v) is 18.4. The van der Waals surface area contributed by atoms with E-state index in [4.69, 9.17) is 4.74 Å². The van der Waals surface area contributed by atoms with Gasteiger partial charge in [-0.25, -0.2) is 4.39 Å². The first-order valence-corrected chi connectivity index (χ1v) is 11.6.